The van der Waals surface area contributed by atoms with Gasteiger partial charge in [0, 0.05) is 74.9 Å². The number of hydrogen-bond donors (Lipinski definition) is 1. The monoisotopic (exact) mass is 738 g/mol. The lowest BCUT2D eigenvalue weighted by molar-refractivity contribution is 0.0193. The minimum atomic E-state index is -0.306. The van der Waals surface area contributed by atoms with E-state index in [4.69, 9.17) is 19.2 Å². The van der Waals surface area contributed by atoms with E-state index in [0.717, 1.165) is 42.5 Å². The molecule has 12 nitrogen and oxygen atoms in total. The van der Waals surface area contributed by atoms with Crippen molar-refractivity contribution < 1.29 is 28.9 Å². The second-order valence-corrected chi connectivity index (χ2v) is 14.5. The highest BCUT2D eigenvalue weighted by molar-refractivity contribution is 6.12. The lowest BCUT2D eigenvalue weighted by atomic mass is 9.92. The summed E-state index contributed by atoms with van der Waals surface area (Å²) in [6.45, 7) is 6.18. The van der Waals surface area contributed by atoms with Gasteiger partial charge in [0.2, 0.25) is 6.79 Å². The van der Waals surface area contributed by atoms with E-state index in [2.05, 4.69) is 23.1 Å². The van der Waals surface area contributed by atoms with E-state index in [0.29, 0.717) is 70.8 Å². The third-order valence-electron chi connectivity index (χ3n) is 11.3. The smallest absolute Gasteiger partial charge is 0.265 e. The normalized spacial score (nSPS) is 16.7. The molecule has 2 amide bonds. The van der Waals surface area contributed by atoms with Crippen LogP contribution in [0.2, 0.25) is 0 Å². The summed E-state index contributed by atoms with van der Waals surface area (Å²) in [5.74, 6) is 1.16. The number of aromatic nitrogens is 3. The Kier molecular flexibility index (Phi) is 8.78. The Labute approximate surface area is 318 Å². The second kappa shape index (κ2) is 13.9. The Hall–Kier alpha value is -6.11. The molecule has 0 radical (unpaired) electrons. The molecule has 1 atom stereocenters. The third kappa shape index (κ3) is 6.26. The Morgan fingerprint density at radius 3 is 2.44 bits per heavy atom. The van der Waals surface area contributed by atoms with Gasteiger partial charge in [-0.15, -0.1) is 0 Å². The van der Waals surface area contributed by atoms with Gasteiger partial charge in [-0.2, -0.15) is 0 Å². The molecule has 55 heavy (non-hydrogen) atoms. The molecule has 3 aromatic heterocycles. The predicted octanol–water partition coefficient (Wildman–Crippen LogP) is 6.20. The topological polar surface area (TPSA) is 115 Å². The van der Waals surface area contributed by atoms with Crippen molar-refractivity contribution in [2.75, 3.05) is 44.5 Å². The molecular weight excluding hydrogens is 697 g/mol. The fourth-order valence-electron chi connectivity index (χ4n) is 8.08. The van der Waals surface area contributed by atoms with Gasteiger partial charge in [-0.05, 0) is 79.1 Å². The maximum Gasteiger partial charge on any atom is 0.265 e. The number of nitrogens with zero attached hydrogens (tertiary/aromatic N) is 6. The Bertz CT molecular complexity index is 2450. The highest BCUT2D eigenvalue weighted by atomic mass is 16.7. The summed E-state index contributed by atoms with van der Waals surface area (Å²) in [4.78, 5) is 40.6. The predicted molar refractivity (Wildman–Crippen MR) is 208 cm³/mol. The van der Waals surface area contributed by atoms with Gasteiger partial charge in [0.25, 0.3) is 11.8 Å². The van der Waals surface area contributed by atoms with Crippen LogP contribution in [0, 0.1) is 6.92 Å². The molecule has 1 N–H and O–H groups in total. The van der Waals surface area contributed by atoms with E-state index < -0.39 is 0 Å². The van der Waals surface area contributed by atoms with Gasteiger partial charge >= 0.3 is 0 Å². The van der Waals surface area contributed by atoms with Crippen molar-refractivity contribution in [1.29, 1.82) is 0 Å². The zero-order chi connectivity index (χ0) is 37.8. The number of morpholine rings is 1. The summed E-state index contributed by atoms with van der Waals surface area (Å²) in [6, 6.07) is 24.2. The first-order valence-electron chi connectivity index (χ1n) is 18.6. The number of phenols is 1. The molecule has 3 aliphatic rings. The molecule has 0 bridgehead atoms. The van der Waals surface area contributed by atoms with Crippen LogP contribution in [-0.4, -0.2) is 86.5 Å². The number of benzene rings is 3. The maximum absolute atomic E-state index is 15.1. The first kappa shape index (κ1) is 34.6. The number of rotatable bonds is 7. The average molecular weight is 739 g/mol. The van der Waals surface area contributed by atoms with Crippen molar-refractivity contribution in [3.8, 4) is 28.5 Å². The fourth-order valence-corrected chi connectivity index (χ4v) is 8.08. The summed E-state index contributed by atoms with van der Waals surface area (Å²) in [7, 11) is 3.85. The van der Waals surface area contributed by atoms with Crippen molar-refractivity contribution >= 4 is 34.2 Å². The maximum atomic E-state index is 15.1. The van der Waals surface area contributed by atoms with Crippen LogP contribution < -0.4 is 14.4 Å². The zero-order valence-corrected chi connectivity index (χ0v) is 31.1. The zero-order valence-electron chi connectivity index (χ0n) is 31.1. The number of carbonyl (C=O) groups is 2. The second-order valence-electron chi connectivity index (χ2n) is 14.5. The lowest BCUT2D eigenvalue weighted by Crippen LogP contribution is -2.52. The number of aromatic hydroxyl groups is 1. The molecule has 6 aromatic rings. The van der Waals surface area contributed by atoms with E-state index in [-0.39, 0.29) is 30.4 Å². The molecule has 9 rings (SSSR count). The van der Waals surface area contributed by atoms with Crippen LogP contribution in [0.15, 0.2) is 91.3 Å². The summed E-state index contributed by atoms with van der Waals surface area (Å²) in [5, 5.41) is 11.1. The van der Waals surface area contributed by atoms with Crippen molar-refractivity contribution in [1.82, 2.24) is 23.9 Å². The molecule has 1 fully saturated rings. The number of aryl methyl sites for hydroxylation is 1. The number of pyridine rings is 1. The minimum Gasteiger partial charge on any atom is -0.508 e. The number of anilines is 2. The molecule has 0 unspecified atom stereocenters. The van der Waals surface area contributed by atoms with E-state index in [9.17, 15) is 9.90 Å². The highest BCUT2D eigenvalue weighted by Gasteiger charge is 2.35. The average Bonchev–Trinajstić information content (AvgIpc) is 3.91. The van der Waals surface area contributed by atoms with Crippen molar-refractivity contribution in [3.05, 3.63) is 119 Å². The summed E-state index contributed by atoms with van der Waals surface area (Å²) < 4.78 is 21.2. The Balaban J connectivity index is 1.13. The molecule has 6 heterocycles. The number of hydrogen-bond acceptors (Lipinski definition) is 8. The van der Waals surface area contributed by atoms with Crippen molar-refractivity contribution in [2.45, 2.75) is 25.9 Å². The van der Waals surface area contributed by atoms with E-state index in [1.54, 1.807) is 41.4 Å². The third-order valence-corrected chi connectivity index (χ3v) is 11.3. The minimum absolute atomic E-state index is 0.0550. The number of ether oxygens (including phenoxy) is 3. The molecule has 12 heteroatoms. The Morgan fingerprint density at radius 1 is 0.909 bits per heavy atom. The molecule has 0 spiro atoms. The van der Waals surface area contributed by atoms with Crippen molar-refractivity contribution in [2.24, 2.45) is 14.1 Å². The van der Waals surface area contributed by atoms with Crippen LogP contribution in [0.5, 0.6) is 17.2 Å². The summed E-state index contributed by atoms with van der Waals surface area (Å²) in [6.07, 6.45) is 4.45. The van der Waals surface area contributed by atoms with Gasteiger partial charge in [0.15, 0.2) is 11.5 Å². The van der Waals surface area contributed by atoms with Crippen molar-refractivity contribution in [3.63, 3.8) is 0 Å². The van der Waals surface area contributed by atoms with Gasteiger partial charge in [0.1, 0.15) is 11.6 Å². The lowest BCUT2D eigenvalue weighted by Gasteiger charge is -2.40. The first-order chi connectivity index (χ1) is 26.7. The molecule has 0 saturated carbocycles. The van der Waals surface area contributed by atoms with Crippen LogP contribution in [0.1, 0.15) is 37.5 Å². The van der Waals surface area contributed by atoms with Gasteiger partial charge < -0.3 is 33.4 Å². The van der Waals surface area contributed by atoms with Gasteiger partial charge in [-0.1, -0.05) is 24.3 Å². The van der Waals surface area contributed by atoms with Gasteiger partial charge in [-0.3, -0.25) is 19.4 Å². The van der Waals surface area contributed by atoms with Crippen LogP contribution in [0.4, 0.5) is 11.5 Å². The number of amides is 2. The molecule has 280 valence electrons. The molecule has 1 saturated heterocycles. The number of phenolic OH excluding ortho intramolecular Hbond substituents is 1. The standard InChI is InChI=1S/C43H42N6O6/c1-27-34(43(52)49(31-8-10-33(50)11-9-31)41-19-29-12-13-45(2)38(29)23-44-41)20-37(46(27)3)35-21-39-40(55-26-54-39)22-36(35)42(51)48-24-30-7-5-4-6-28(30)18-32(48)25-47-14-16-53-17-15-47/h4-13,19-23,32,50H,14-18,24-26H2,1-3H3/t32-/m0/s1. The van der Waals surface area contributed by atoms with E-state index in [1.807, 2.05) is 71.6 Å². The SMILES string of the molecule is Cc1c(C(=O)N(c2ccc(O)cc2)c2cc3ccn(C)c3cn2)cc(-c2cc3c(cc2C(=O)N2Cc4ccccc4C[C@H]2CN2CCOCC2)OCO3)n1C. The van der Waals surface area contributed by atoms with Crippen LogP contribution in [0.25, 0.3) is 22.2 Å². The van der Waals surface area contributed by atoms with E-state index in [1.165, 1.54) is 5.56 Å². The number of carbonyl (C=O) groups excluding carboxylic acids is 2. The quantitative estimate of drug-likeness (QED) is 0.206. The molecule has 3 aromatic carbocycles. The number of fused-ring (bicyclic) bond motifs is 3. The molecular formula is C43H42N6O6. The highest BCUT2D eigenvalue weighted by Crippen LogP contribution is 2.42. The fraction of sp³-hybridized carbons (Fsp3) is 0.279. The first-order valence-corrected chi connectivity index (χ1v) is 18.6. The van der Waals surface area contributed by atoms with E-state index >= 15 is 4.79 Å². The Morgan fingerprint density at radius 2 is 1.65 bits per heavy atom. The van der Waals surface area contributed by atoms with Crippen LogP contribution >= 0.6 is 0 Å². The molecule has 0 aliphatic carbocycles. The van der Waals surface area contributed by atoms with Crippen LogP contribution in [0.3, 0.4) is 0 Å². The summed E-state index contributed by atoms with van der Waals surface area (Å²) >= 11 is 0. The van der Waals surface area contributed by atoms with Gasteiger partial charge in [0.05, 0.1) is 41.7 Å². The van der Waals surface area contributed by atoms with Gasteiger partial charge in [-0.25, -0.2) is 4.98 Å². The van der Waals surface area contributed by atoms with Crippen LogP contribution in [-0.2, 0) is 31.8 Å². The largest absolute Gasteiger partial charge is 0.508 e. The summed E-state index contributed by atoms with van der Waals surface area (Å²) in [5.41, 5.74) is 6.82. The molecule has 3 aliphatic heterocycles.